The van der Waals surface area contributed by atoms with Gasteiger partial charge >= 0.3 is 0 Å². The summed E-state index contributed by atoms with van der Waals surface area (Å²) in [5, 5.41) is 16.6. The first kappa shape index (κ1) is 16.9. The van der Waals surface area contributed by atoms with Crippen molar-refractivity contribution in [1.29, 1.82) is 0 Å². The standard InChI is InChI=1S/C14H19ClN4O2S/c1-9-4-3-5-10(2)18(9)17-14(22)16-13-8-11(19(20)21)6-7-12(13)15/h6-10H,3-5H2,1-2H3,(H2,16,17,22)/t9-,10-/m1/s1. The normalized spacial score (nSPS) is 22.1. The van der Waals surface area contributed by atoms with Gasteiger partial charge in [0.2, 0.25) is 0 Å². The Morgan fingerprint density at radius 2 is 2.05 bits per heavy atom. The summed E-state index contributed by atoms with van der Waals surface area (Å²) in [7, 11) is 0. The molecular formula is C14H19ClN4O2S. The van der Waals surface area contributed by atoms with Crippen LogP contribution in [0.2, 0.25) is 5.02 Å². The third-order valence-corrected chi connectivity index (χ3v) is 4.36. The highest BCUT2D eigenvalue weighted by atomic mass is 35.5. The maximum Gasteiger partial charge on any atom is 0.271 e. The lowest BCUT2D eigenvalue weighted by molar-refractivity contribution is -0.384. The van der Waals surface area contributed by atoms with E-state index in [4.69, 9.17) is 23.8 Å². The van der Waals surface area contributed by atoms with Crippen molar-refractivity contribution >= 4 is 40.3 Å². The van der Waals surface area contributed by atoms with Crippen molar-refractivity contribution in [2.24, 2.45) is 0 Å². The Balaban J connectivity index is 2.05. The predicted molar refractivity (Wildman–Crippen MR) is 92.1 cm³/mol. The van der Waals surface area contributed by atoms with Crippen LogP contribution in [0.1, 0.15) is 33.1 Å². The van der Waals surface area contributed by atoms with Crippen LogP contribution in [0.3, 0.4) is 0 Å². The monoisotopic (exact) mass is 342 g/mol. The third-order valence-electron chi connectivity index (χ3n) is 3.83. The molecule has 8 heteroatoms. The van der Waals surface area contributed by atoms with Crippen molar-refractivity contribution in [3.05, 3.63) is 33.3 Å². The Morgan fingerprint density at radius 1 is 1.41 bits per heavy atom. The molecule has 1 aromatic carbocycles. The summed E-state index contributed by atoms with van der Waals surface area (Å²) in [6, 6.07) is 4.97. The van der Waals surface area contributed by atoms with E-state index in [0.29, 0.717) is 27.9 Å². The third kappa shape index (κ3) is 4.06. The molecule has 1 aromatic rings. The highest BCUT2D eigenvalue weighted by Crippen LogP contribution is 2.27. The number of nitrogens with zero attached hydrogens (tertiary/aromatic N) is 2. The first-order valence-electron chi connectivity index (χ1n) is 7.18. The summed E-state index contributed by atoms with van der Waals surface area (Å²) in [5.74, 6) is 0. The molecule has 0 amide bonds. The Morgan fingerprint density at radius 3 is 2.64 bits per heavy atom. The Labute approximate surface area is 139 Å². The number of nitrogens with one attached hydrogen (secondary N) is 2. The quantitative estimate of drug-likeness (QED) is 0.495. The van der Waals surface area contributed by atoms with E-state index < -0.39 is 4.92 Å². The second-order valence-corrected chi connectivity index (χ2v) is 6.34. The van der Waals surface area contributed by atoms with Gasteiger partial charge in [-0.2, -0.15) is 0 Å². The summed E-state index contributed by atoms with van der Waals surface area (Å²) in [6.07, 6.45) is 3.42. The molecule has 0 spiro atoms. The van der Waals surface area contributed by atoms with Crippen LogP contribution in [0.15, 0.2) is 18.2 Å². The van der Waals surface area contributed by atoms with Gasteiger partial charge in [-0.25, -0.2) is 5.01 Å². The minimum atomic E-state index is -0.466. The molecule has 1 saturated heterocycles. The molecule has 6 nitrogen and oxygen atoms in total. The highest BCUT2D eigenvalue weighted by molar-refractivity contribution is 7.80. The number of halogens is 1. The molecule has 2 N–H and O–H groups in total. The van der Waals surface area contributed by atoms with Crippen LogP contribution in [0.4, 0.5) is 11.4 Å². The van der Waals surface area contributed by atoms with E-state index in [9.17, 15) is 10.1 Å². The van der Waals surface area contributed by atoms with E-state index >= 15 is 0 Å². The molecule has 0 unspecified atom stereocenters. The molecule has 1 heterocycles. The summed E-state index contributed by atoms with van der Waals surface area (Å²) >= 11 is 11.4. The van der Waals surface area contributed by atoms with Crippen molar-refractivity contribution < 1.29 is 4.92 Å². The zero-order valence-electron chi connectivity index (χ0n) is 12.5. The van der Waals surface area contributed by atoms with Crippen molar-refractivity contribution in [2.45, 2.75) is 45.2 Å². The minimum absolute atomic E-state index is 0.0330. The lowest BCUT2D eigenvalue weighted by Crippen LogP contribution is -2.55. The second kappa shape index (κ2) is 7.21. The van der Waals surface area contributed by atoms with E-state index in [1.165, 1.54) is 24.6 Å². The fourth-order valence-electron chi connectivity index (χ4n) is 2.63. The summed E-state index contributed by atoms with van der Waals surface area (Å²) < 4.78 is 0. The number of thiocarbonyl (C=S) groups is 1. The van der Waals surface area contributed by atoms with Gasteiger partial charge in [-0.05, 0) is 45.0 Å². The van der Waals surface area contributed by atoms with Gasteiger partial charge < -0.3 is 5.32 Å². The zero-order chi connectivity index (χ0) is 16.3. The lowest BCUT2D eigenvalue weighted by Gasteiger charge is -2.39. The van der Waals surface area contributed by atoms with Crippen molar-refractivity contribution in [2.75, 3.05) is 5.32 Å². The molecule has 0 aromatic heterocycles. The molecule has 120 valence electrons. The zero-order valence-corrected chi connectivity index (χ0v) is 14.1. The maximum atomic E-state index is 10.8. The number of non-ortho nitro benzene ring substituents is 1. The topological polar surface area (TPSA) is 70.4 Å². The van der Waals surface area contributed by atoms with E-state index in [1.54, 1.807) is 0 Å². The molecule has 1 aliphatic heterocycles. The van der Waals surface area contributed by atoms with Gasteiger partial charge in [0.25, 0.3) is 5.69 Å². The summed E-state index contributed by atoms with van der Waals surface area (Å²) in [4.78, 5) is 10.4. The first-order valence-corrected chi connectivity index (χ1v) is 7.97. The Bertz CT molecular complexity index is 574. The number of hydrogen-bond donors (Lipinski definition) is 2. The molecule has 0 aliphatic carbocycles. The number of hydrogen-bond acceptors (Lipinski definition) is 4. The van der Waals surface area contributed by atoms with E-state index in [0.717, 1.165) is 12.8 Å². The van der Waals surface area contributed by atoms with Crippen molar-refractivity contribution in [3.8, 4) is 0 Å². The van der Waals surface area contributed by atoms with Crippen molar-refractivity contribution in [1.82, 2.24) is 10.4 Å². The molecule has 0 bridgehead atoms. The number of piperidine rings is 1. The molecule has 1 fully saturated rings. The van der Waals surface area contributed by atoms with Gasteiger partial charge in [0, 0.05) is 24.2 Å². The molecule has 0 radical (unpaired) electrons. The first-order chi connectivity index (χ1) is 10.4. The van der Waals surface area contributed by atoms with Crippen LogP contribution in [0, 0.1) is 10.1 Å². The van der Waals surface area contributed by atoms with Gasteiger partial charge in [0.1, 0.15) is 0 Å². The van der Waals surface area contributed by atoms with Gasteiger partial charge in [0.15, 0.2) is 5.11 Å². The van der Waals surface area contributed by atoms with Crippen LogP contribution >= 0.6 is 23.8 Å². The molecule has 1 aliphatic rings. The summed E-state index contributed by atoms with van der Waals surface area (Å²) in [5.41, 5.74) is 3.56. The van der Waals surface area contributed by atoms with Crippen LogP contribution in [-0.2, 0) is 0 Å². The maximum absolute atomic E-state index is 10.8. The molecular weight excluding hydrogens is 324 g/mol. The van der Waals surface area contributed by atoms with Crippen LogP contribution < -0.4 is 10.7 Å². The molecule has 2 atom stereocenters. The number of hydrazine groups is 1. The fourth-order valence-corrected chi connectivity index (χ4v) is 3.01. The highest BCUT2D eigenvalue weighted by Gasteiger charge is 2.25. The average Bonchev–Trinajstić information content (AvgIpc) is 2.45. The van der Waals surface area contributed by atoms with Gasteiger partial charge in [0.05, 0.1) is 15.6 Å². The lowest BCUT2D eigenvalue weighted by atomic mass is 10.00. The number of nitro benzene ring substituents is 1. The Kier molecular flexibility index (Phi) is 5.55. The number of rotatable bonds is 3. The van der Waals surface area contributed by atoms with Gasteiger partial charge in [-0.1, -0.05) is 18.0 Å². The van der Waals surface area contributed by atoms with Gasteiger partial charge in [-0.15, -0.1) is 0 Å². The number of benzene rings is 1. The van der Waals surface area contributed by atoms with Crippen molar-refractivity contribution in [3.63, 3.8) is 0 Å². The fraction of sp³-hybridized carbons (Fsp3) is 0.500. The SMILES string of the molecule is C[C@@H]1CCC[C@@H](C)N1NC(=S)Nc1cc([N+](=O)[O-])ccc1Cl. The van der Waals surface area contributed by atoms with E-state index in [1.807, 2.05) is 0 Å². The van der Waals surface area contributed by atoms with E-state index in [-0.39, 0.29) is 5.69 Å². The minimum Gasteiger partial charge on any atom is -0.330 e. The average molecular weight is 343 g/mol. The van der Waals surface area contributed by atoms with Crippen LogP contribution in [-0.4, -0.2) is 27.1 Å². The number of nitro groups is 1. The molecule has 2 rings (SSSR count). The van der Waals surface area contributed by atoms with Gasteiger partial charge in [-0.3, -0.25) is 15.5 Å². The summed E-state index contributed by atoms with van der Waals surface area (Å²) in [6.45, 7) is 4.29. The van der Waals surface area contributed by atoms with E-state index in [2.05, 4.69) is 29.6 Å². The number of anilines is 1. The second-order valence-electron chi connectivity index (χ2n) is 5.52. The predicted octanol–water partition coefficient (Wildman–Crippen LogP) is 3.71. The van der Waals surface area contributed by atoms with Crippen LogP contribution in [0.25, 0.3) is 0 Å². The molecule has 22 heavy (non-hydrogen) atoms. The van der Waals surface area contributed by atoms with Crippen LogP contribution in [0.5, 0.6) is 0 Å². The smallest absolute Gasteiger partial charge is 0.271 e. The Hall–Kier alpha value is -1.44. The largest absolute Gasteiger partial charge is 0.330 e. The molecule has 0 saturated carbocycles.